The Morgan fingerprint density at radius 2 is 1.52 bits per heavy atom. The molecule has 0 spiro atoms. The van der Waals surface area contributed by atoms with Crippen LogP contribution in [0.2, 0.25) is 0 Å². The van der Waals surface area contributed by atoms with Gasteiger partial charge in [0.1, 0.15) is 18.1 Å². The van der Waals surface area contributed by atoms with Crippen molar-refractivity contribution in [3.05, 3.63) is 89.5 Å². The molecule has 33 heavy (non-hydrogen) atoms. The van der Waals surface area contributed by atoms with Crippen molar-refractivity contribution >= 4 is 0 Å². The Morgan fingerprint density at radius 3 is 2.21 bits per heavy atom. The van der Waals surface area contributed by atoms with Crippen molar-refractivity contribution in [2.45, 2.75) is 31.8 Å². The molecule has 0 radical (unpaired) electrons. The molecule has 2 atom stereocenters. The molecular formula is C27H33NO5. The van der Waals surface area contributed by atoms with E-state index in [4.69, 9.17) is 18.9 Å². The van der Waals surface area contributed by atoms with Crippen molar-refractivity contribution in [1.29, 1.82) is 0 Å². The van der Waals surface area contributed by atoms with Crippen LogP contribution < -0.4 is 19.5 Å². The number of hydrogen-bond donors (Lipinski definition) is 2. The minimum absolute atomic E-state index is 0.295. The van der Waals surface area contributed by atoms with Gasteiger partial charge in [0.25, 0.3) is 0 Å². The number of methoxy groups -OCH3 is 3. The van der Waals surface area contributed by atoms with E-state index >= 15 is 0 Å². The van der Waals surface area contributed by atoms with Crippen molar-refractivity contribution in [2.24, 2.45) is 0 Å². The molecule has 0 fully saturated rings. The first-order valence-electron chi connectivity index (χ1n) is 10.9. The summed E-state index contributed by atoms with van der Waals surface area (Å²) < 4.78 is 22.5. The Balaban J connectivity index is 1.65. The summed E-state index contributed by atoms with van der Waals surface area (Å²) in [5.74, 6) is 2.00. The van der Waals surface area contributed by atoms with Gasteiger partial charge in [-0.25, -0.2) is 0 Å². The molecule has 3 aromatic carbocycles. The summed E-state index contributed by atoms with van der Waals surface area (Å²) in [6.07, 6.45) is -0.195. The Labute approximate surface area is 196 Å². The predicted octanol–water partition coefficient (Wildman–Crippen LogP) is 4.51. The first kappa shape index (κ1) is 24.6. The molecule has 0 aliphatic rings. The van der Waals surface area contributed by atoms with Crippen molar-refractivity contribution in [3.8, 4) is 17.2 Å². The van der Waals surface area contributed by atoms with E-state index in [0.29, 0.717) is 36.8 Å². The average molecular weight is 452 g/mol. The minimum Gasteiger partial charge on any atom is -0.493 e. The van der Waals surface area contributed by atoms with Crippen LogP contribution in [0, 0.1) is 0 Å². The second-order valence-corrected chi connectivity index (χ2v) is 8.01. The van der Waals surface area contributed by atoms with E-state index in [1.54, 1.807) is 21.3 Å². The third-order valence-electron chi connectivity index (χ3n) is 5.62. The van der Waals surface area contributed by atoms with E-state index in [9.17, 15) is 5.11 Å². The first-order valence-corrected chi connectivity index (χ1v) is 10.9. The fourth-order valence-electron chi connectivity index (χ4n) is 3.63. The average Bonchev–Trinajstić information content (AvgIpc) is 2.86. The SMILES string of the molecule is COc1ccc(CC(C)(NCC(O)c2ccccc2OCc2ccccc2)OC)cc1OC. The summed E-state index contributed by atoms with van der Waals surface area (Å²) in [4.78, 5) is 0. The second kappa shape index (κ2) is 11.7. The van der Waals surface area contributed by atoms with Crippen LogP contribution >= 0.6 is 0 Å². The van der Waals surface area contributed by atoms with E-state index in [-0.39, 0.29) is 0 Å². The topological polar surface area (TPSA) is 69.2 Å². The van der Waals surface area contributed by atoms with Crippen molar-refractivity contribution in [1.82, 2.24) is 5.32 Å². The largest absolute Gasteiger partial charge is 0.493 e. The van der Waals surface area contributed by atoms with E-state index in [0.717, 1.165) is 16.7 Å². The van der Waals surface area contributed by atoms with Crippen molar-refractivity contribution < 1.29 is 24.1 Å². The highest BCUT2D eigenvalue weighted by Crippen LogP contribution is 2.30. The summed E-state index contributed by atoms with van der Waals surface area (Å²) in [6, 6.07) is 23.3. The molecule has 0 heterocycles. The number of aliphatic hydroxyl groups is 1. The maximum Gasteiger partial charge on any atom is 0.160 e. The van der Waals surface area contributed by atoms with Crippen molar-refractivity contribution in [3.63, 3.8) is 0 Å². The van der Waals surface area contributed by atoms with Gasteiger partial charge in [-0.3, -0.25) is 5.32 Å². The molecule has 0 amide bonds. The summed E-state index contributed by atoms with van der Waals surface area (Å²) >= 11 is 0. The van der Waals surface area contributed by atoms with Crippen LogP contribution in [0.3, 0.4) is 0 Å². The Kier molecular flexibility index (Phi) is 8.72. The molecule has 0 saturated heterocycles. The molecule has 0 aliphatic heterocycles. The zero-order valence-corrected chi connectivity index (χ0v) is 19.7. The van der Waals surface area contributed by atoms with Gasteiger partial charge in [0.05, 0.1) is 20.3 Å². The quantitative estimate of drug-likeness (QED) is 0.395. The smallest absolute Gasteiger partial charge is 0.160 e. The van der Waals surface area contributed by atoms with E-state index in [1.165, 1.54) is 0 Å². The Morgan fingerprint density at radius 1 is 0.818 bits per heavy atom. The monoisotopic (exact) mass is 451 g/mol. The normalized spacial score (nSPS) is 13.7. The third-order valence-corrected chi connectivity index (χ3v) is 5.62. The number of rotatable bonds is 12. The molecule has 3 rings (SSSR count). The Hall–Kier alpha value is -3.06. The molecular weight excluding hydrogens is 418 g/mol. The fourth-order valence-corrected chi connectivity index (χ4v) is 3.63. The van der Waals surface area contributed by atoms with Gasteiger partial charge in [0.15, 0.2) is 11.5 Å². The van der Waals surface area contributed by atoms with Crippen LogP contribution in [-0.2, 0) is 17.8 Å². The number of nitrogens with one attached hydrogen (secondary N) is 1. The zero-order chi connectivity index (χ0) is 23.7. The van der Waals surface area contributed by atoms with Gasteiger partial charge in [0.2, 0.25) is 0 Å². The lowest BCUT2D eigenvalue weighted by Gasteiger charge is -2.31. The standard InChI is InChI=1S/C27H33NO5/c1-27(32-4,17-21-14-15-25(30-2)26(16-21)31-3)28-18-23(29)22-12-8-9-13-24(22)33-19-20-10-6-5-7-11-20/h5-16,23,28-29H,17-19H2,1-4H3. The summed E-state index contributed by atoms with van der Waals surface area (Å²) in [5, 5.41) is 14.3. The molecule has 3 aromatic rings. The lowest BCUT2D eigenvalue weighted by molar-refractivity contribution is -0.0315. The summed E-state index contributed by atoms with van der Waals surface area (Å²) in [7, 11) is 4.88. The maximum absolute atomic E-state index is 10.9. The number of benzene rings is 3. The van der Waals surface area contributed by atoms with Gasteiger partial charge in [0, 0.05) is 25.6 Å². The highest BCUT2D eigenvalue weighted by molar-refractivity contribution is 5.43. The predicted molar refractivity (Wildman–Crippen MR) is 129 cm³/mol. The van der Waals surface area contributed by atoms with Gasteiger partial charge < -0.3 is 24.1 Å². The van der Waals surface area contributed by atoms with E-state index in [1.807, 2.05) is 79.7 Å². The molecule has 0 aliphatic carbocycles. The van der Waals surface area contributed by atoms with Gasteiger partial charge >= 0.3 is 0 Å². The number of hydrogen-bond acceptors (Lipinski definition) is 6. The second-order valence-electron chi connectivity index (χ2n) is 8.01. The van der Waals surface area contributed by atoms with Gasteiger partial charge in [-0.1, -0.05) is 54.6 Å². The fraction of sp³-hybridized carbons (Fsp3) is 0.333. The van der Waals surface area contributed by atoms with Crippen LogP contribution in [0.1, 0.15) is 29.7 Å². The molecule has 0 bridgehead atoms. The van der Waals surface area contributed by atoms with E-state index < -0.39 is 11.8 Å². The molecule has 0 aromatic heterocycles. The number of ether oxygens (including phenoxy) is 4. The molecule has 0 saturated carbocycles. The third kappa shape index (κ3) is 6.71. The molecule has 2 unspecified atom stereocenters. The molecule has 2 N–H and O–H groups in total. The summed E-state index contributed by atoms with van der Waals surface area (Å²) in [6.45, 7) is 2.69. The number of para-hydroxylation sites is 1. The van der Waals surface area contributed by atoms with Gasteiger partial charge in [-0.15, -0.1) is 0 Å². The maximum atomic E-state index is 10.9. The van der Waals surface area contributed by atoms with Gasteiger partial charge in [-0.2, -0.15) is 0 Å². The Bertz CT molecular complexity index is 1010. The van der Waals surface area contributed by atoms with Crippen LogP contribution in [0.15, 0.2) is 72.8 Å². The lowest BCUT2D eigenvalue weighted by atomic mass is 10.0. The van der Waals surface area contributed by atoms with Crippen LogP contribution in [0.25, 0.3) is 0 Å². The zero-order valence-electron chi connectivity index (χ0n) is 19.7. The number of aliphatic hydroxyl groups excluding tert-OH is 1. The van der Waals surface area contributed by atoms with Crippen LogP contribution in [0.4, 0.5) is 0 Å². The van der Waals surface area contributed by atoms with E-state index in [2.05, 4.69) is 5.32 Å². The van der Waals surface area contributed by atoms with Crippen molar-refractivity contribution in [2.75, 3.05) is 27.9 Å². The van der Waals surface area contributed by atoms with Crippen LogP contribution in [-0.4, -0.2) is 38.7 Å². The lowest BCUT2D eigenvalue weighted by Crippen LogP contribution is -2.47. The van der Waals surface area contributed by atoms with Crippen LogP contribution in [0.5, 0.6) is 17.2 Å². The minimum atomic E-state index is -0.767. The van der Waals surface area contributed by atoms with Gasteiger partial charge in [-0.05, 0) is 36.2 Å². The summed E-state index contributed by atoms with van der Waals surface area (Å²) in [5.41, 5.74) is 2.12. The first-order chi connectivity index (χ1) is 16.0. The molecule has 6 heteroatoms. The molecule has 176 valence electrons. The highest BCUT2D eigenvalue weighted by Gasteiger charge is 2.26. The molecule has 6 nitrogen and oxygen atoms in total. The highest BCUT2D eigenvalue weighted by atomic mass is 16.5.